The molecule has 0 fully saturated rings. The van der Waals surface area contributed by atoms with Crippen molar-refractivity contribution < 1.29 is 13.2 Å². The van der Waals surface area contributed by atoms with E-state index in [-0.39, 0.29) is 5.28 Å². The summed E-state index contributed by atoms with van der Waals surface area (Å²) in [6.07, 6.45) is -1.62. The van der Waals surface area contributed by atoms with E-state index in [9.17, 15) is 13.2 Å². The summed E-state index contributed by atoms with van der Waals surface area (Å²) in [5, 5.41) is 9.76. The van der Waals surface area contributed by atoms with Gasteiger partial charge in [0.05, 0.1) is 17.6 Å². The van der Waals surface area contributed by atoms with Gasteiger partial charge in [-0.05, 0) is 35.4 Å². The molecule has 0 saturated carbocycles. The Morgan fingerprint density at radius 2 is 1.88 bits per heavy atom. The van der Waals surface area contributed by atoms with E-state index in [0.717, 1.165) is 11.6 Å². The van der Waals surface area contributed by atoms with Gasteiger partial charge in [0.2, 0.25) is 5.28 Å². The Morgan fingerprint density at radius 3 is 2.50 bits per heavy atom. The Balaban J connectivity index is 1.70. The number of rotatable bonds is 5. The smallest absolute Gasteiger partial charge is 0.384 e. The van der Waals surface area contributed by atoms with Crippen LogP contribution in [0.3, 0.4) is 0 Å². The molecule has 2 aromatic heterocycles. The number of hydrogen-bond donors (Lipinski definition) is 2. The Kier molecular flexibility index (Phi) is 4.99. The second-order valence-corrected chi connectivity index (χ2v) is 5.65. The molecular weight excluding hydrogens is 369 g/mol. The maximum absolute atomic E-state index is 12.6. The zero-order valence-corrected chi connectivity index (χ0v) is 14.3. The standard InChI is InChI=1S/C16H14ClF3N6/c1-21-12-9-23-15(17)24-14(12)22-8-10-2-4-11(5-3-10)26-7-6-13(25-26)16(18,19)20/h2-7,9,21H,8H2,1H3,(H,22,23,24). The van der Waals surface area contributed by atoms with Gasteiger partial charge in [0.15, 0.2) is 11.5 Å². The van der Waals surface area contributed by atoms with E-state index in [2.05, 4.69) is 25.7 Å². The molecule has 2 heterocycles. The summed E-state index contributed by atoms with van der Waals surface area (Å²) in [7, 11) is 1.74. The molecule has 0 saturated heterocycles. The summed E-state index contributed by atoms with van der Waals surface area (Å²) in [4.78, 5) is 8.00. The van der Waals surface area contributed by atoms with Gasteiger partial charge in [0, 0.05) is 19.8 Å². The molecule has 136 valence electrons. The third kappa shape index (κ3) is 4.05. The quantitative estimate of drug-likeness (QED) is 0.653. The highest BCUT2D eigenvalue weighted by Crippen LogP contribution is 2.28. The van der Waals surface area contributed by atoms with E-state index in [1.165, 1.54) is 10.9 Å². The molecule has 0 aliphatic rings. The van der Waals surface area contributed by atoms with Crippen molar-refractivity contribution >= 4 is 23.1 Å². The second-order valence-electron chi connectivity index (χ2n) is 5.31. The molecular formula is C16H14ClF3N6. The molecule has 3 aromatic rings. The lowest BCUT2D eigenvalue weighted by Crippen LogP contribution is -2.07. The van der Waals surface area contributed by atoms with Gasteiger partial charge in [-0.15, -0.1) is 0 Å². The minimum absolute atomic E-state index is 0.126. The predicted molar refractivity (Wildman–Crippen MR) is 92.5 cm³/mol. The monoisotopic (exact) mass is 382 g/mol. The number of aromatic nitrogens is 4. The summed E-state index contributed by atoms with van der Waals surface area (Å²) in [6.45, 7) is 0.454. The molecule has 0 aliphatic heterocycles. The van der Waals surface area contributed by atoms with Crippen molar-refractivity contribution in [3.63, 3.8) is 0 Å². The largest absolute Gasteiger partial charge is 0.435 e. The normalized spacial score (nSPS) is 11.4. The van der Waals surface area contributed by atoms with Crippen molar-refractivity contribution in [2.45, 2.75) is 12.7 Å². The van der Waals surface area contributed by atoms with Crippen molar-refractivity contribution in [3.05, 3.63) is 59.3 Å². The van der Waals surface area contributed by atoms with E-state index in [1.807, 2.05) is 0 Å². The molecule has 0 aliphatic carbocycles. The fourth-order valence-corrected chi connectivity index (χ4v) is 2.38. The molecule has 0 spiro atoms. The Morgan fingerprint density at radius 1 is 1.15 bits per heavy atom. The first kappa shape index (κ1) is 18.0. The maximum atomic E-state index is 12.6. The van der Waals surface area contributed by atoms with Gasteiger partial charge in [-0.3, -0.25) is 0 Å². The van der Waals surface area contributed by atoms with E-state index in [0.29, 0.717) is 23.7 Å². The fourth-order valence-electron chi connectivity index (χ4n) is 2.25. The molecule has 2 N–H and O–H groups in total. The number of nitrogens with zero attached hydrogens (tertiary/aromatic N) is 4. The Labute approximate surface area is 152 Å². The lowest BCUT2D eigenvalue weighted by Gasteiger charge is -2.11. The first-order chi connectivity index (χ1) is 12.4. The van der Waals surface area contributed by atoms with Gasteiger partial charge in [0.25, 0.3) is 0 Å². The number of anilines is 2. The molecule has 0 radical (unpaired) electrons. The third-order valence-electron chi connectivity index (χ3n) is 3.57. The van der Waals surface area contributed by atoms with Crippen LogP contribution in [0.15, 0.2) is 42.7 Å². The SMILES string of the molecule is CNc1cnc(Cl)nc1NCc1ccc(-n2ccc(C(F)(F)F)n2)cc1. The van der Waals surface area contributed by atoms with Crippen molar-refractivity contribution in [1.82, 2.24) is 19.7 Å². The van der Waals surface area contributed by atoms with Crippen molar-refractivity contribution in [2.24, 2.45) is 0 Å². The molecule has 6 nitrogen and oxygen atoms in total. The van der Waals surface area contributed by atoms with Crippen LogP contribution >= 0.6 is 11.6 Å². The molecule has 0 bridgehead atoms. The summed E-state index contributed by atoms with van der Waals surface area (Å²) in [6, 6.07) is 7.90. The van der Waals surface area contributed by atoms with Gasteiger partial charge >= 0.3 is 6.18 Å². The van der Waals surface area contributed by atoms with E-state index >= 15 is 0 Å². The topological polar surface area (TPSA) is 67.7 Å². The van der Waals surface area contributed by atoms with Crippen LogP contribution in [0.4, 0.5) is 24.7 Å². The van der Waals surface area contributed by atoms with Gasteiger partial charge in [-0.25, -0.2) is 9.67 Å². The van der Waals surface area contributed by atoms with E-state index in [4.69, 9.17) is 11.6 Å². The number of benzene rings is 1. The molecule has 26 heavy (non-hydrogen) atoms. The van der Waals surface area contributed by atoms with Crippen molar-refractivity contribution in [1.29, 1.82) is 0 Å². The summed E-state index contributed by atoms with van der Waals surface area (Å²) in [5.74, 6) is 0.554. The highest BCUT2D eigenvalue weighted by atomic mass is 35.5. The second kappa shape index (κ2) is 7.20. The van der Waals surface area contributed by atoms with Crippen LogP contribution in [-0.4, -0.2) is 26.8 Å². The molecule has 1 aromatic carbocycles. The maximum Gasteiger partial charge on any atom is 0.435 e. The third-order valence-corrected chi connectivity index (χ3v) is 3.75. The van der Waals surface area contributed by atoms with Crippen molar-refractivity contribution in [3.8, 4) is 5.69 Å². The first-order valence-corrected chi connectivity index (χ1v) is 7.91. The zero-order chi connectivity index (χ0) is 18.7. The minimum Gasteiger partial charge on any atom is -0.384 e. The Bertz CT molecular complexity index is 892. The molecule has 3 rings (SSSR count). The van der Waals surface area contributed by atoms with Gasteiger partial charge in [-0.2, -0.15) is 23.3 Å². The number of hydrogen-bond acceptors (Lipinski definition) is 5. The lowest BCUT2D eigenvalue weighted by molar-refractivity contribution is -0.141. The molecule has 0 amide bonds. The number of halogens is 4. The van der Waals surface area contributed by atoms with Gasteiger partial charge < -0.3 is 10.6 Å². The molecule has 0 atom stereocenters. The highest BCUT2D eigenvalue weighted by Gasteiger charge is 2.33. The average Bonchev–Trinajstić information content (AvgIpc) is 3.11. The first-order valence-electron chi connectivity index (χ1n) is 7.53. The van der Waals surface area contributed by atoms with Crippen LogP contribution in [0, 0.1) is 0 Å². The number of nitrogens with one attached hydrogen (secondary N) is 2. The van der Waals surface area contributed by atoms with Crippen LogP contribution in [0.1, 0.15) is 11.3 Å². The van der Waals surface area contributed by atoms with E-state index < -0.39 is 11.9 Å². The van der Waals surface area contributed by atoms with Crippen LogP contribution in [0.25, 0.3) is 5.69 Å². The van der Waals surface area contributed by atoms with Crippen LogP contribution in [-0.2, 0) is 12.7 Å². The average molecular weight is 383 g/mol. The highest BCUT2D eigenvalue weighted by molar-refractivity contribution is 6.28. The fraction of sp³-hybridized carbons (Fsp3) is 0.188. The number of alkyl halides is 3. The van der Waals surface area contributed by atoms with Gasteiger partial charge in [0.1, 0.15) is 0 Å². The molecule has 10 heteroatoms. The zero-order valence-electron chi connectivity index (χ0n) is 13.5. The summed E-state index contributed by atoms with van der Waals surface area (Å²) >= 11 is 5.80. The van der Waals surface area contributed by atoms with E-state index in [1.54, 1.807) is 37.5 Å². The minimum atomic E-state index is -4.46. The van der Waals surface area contributed by atoms with Crippen LogP contribution in [0.5, 0.6) is 0 Å². The van der Waals surface area contributed by atoms with Crippen molar-refractivity contribution in [2.75, 3.05) is 17.7 Å². The summed E-state index contributed by atoms with van der Waals surface area (Å²) in [5.41, 5.74) is 1.21. The predicted octanol–water partition coefficient (Wildman–Crippen LogP) is 3.99. The van der Waals surface area contributed by atoms with Crippen LogP contribution < -0.4 is 10.6 Å². The Hall–Kier alpha value is -2.81. The van der Waals surface area contributed by atoms with Gasteiger partial charge in [-0.1, -0.05) is 12.1 Å². The van der Waals surface area contributed by atoms with Crippen LogP contribution in [0.2, 0.25) is 5.28 Å². The lowest BCUT2D eigenvalue weighted by atomic mass is 10.2. The molecule has 0 unspecified atom stereocenters. The summed E-state index contributed by atoms with van der Waals surface area (Å²) < 4.78 is 39.1.